The van der Waals surface area contributed by atoms with E-state index >= 15 is 0 Å². The number of fused-ring (bicyclic) bond motifs is 1. The van der Waals surface area contributed by atoms with Crippen LogP contribution in [0.3, 0.4) is 0 Å². The summed E-state index contributed by atoms with van der Waals surface area (Å²) in [6.07, 6.45) is 9.33. The van der Waals surface area contributed by atoms with Gasteiger partial charge in [-0.1, -0.05) is 60.7 Å². The number of hydrogen-bond acceptors (Lipinski definition) is 3. The number of likely N-dealkylation sites (tertiary alicyclic amines) is 1. The van der Waals surface area contributed by atoms with Gasteiger partial charge in [-0.15, -0.1) is 0 Å². The Balaban J connectivity index is 1.53. The molecule has 1 atom stereocenters. The minimum atomic E-state index is -0.946. The normalized spacial score (nSPS) is 23.0. The summed E-state index contributed by atoms with van der Waals surface area (Å²) in [6, 6.07) is 13.6. The molecule has 1 unspecified atom stereocenters. The highest BCUT2D eigenvalue weighted by atomic mass is 35.5. The fraction of sp³-hybridized carbons (Fsp3) is 0.500. The van der Waals surface area contributed by atoms with Crippen LogP contribution in [-0.2, 0) is 21.5 Å². The first-order valence-corrected chi connectivity index (χ1v) is 13.6. The second kappa shape index (κ2) is 10.5. The fourth-order valence-corrected chi connectivity index (χ4v) is 6.24. The van der Waals surface area contributed by atoms with Crippen molar-refractivity contribution < 1.29 is 9.59 Å². The number of nitrogens with zero attached hydrogens (tertiary/aromatic N) is 2. The fourth-order valence-electron chi connectivity index (χ4n) is 5.94. The zero-order valence-corrected chi connectivity index (χ0v) is 21.6. The lowest BCUT2D eigenvalue weighted by Gasteiger charge is -2.36. The molecule has 2 fully saturated rings. The Hall–Kier alpha value is -2.08. The molecule has 5 rings (SSSR count). The Morgan fingerprint density at radius 3 is 2.29 bits per heavy atom. The van der Waals surface area contributed by atoms with E-state index in [1.54, 1.807) is 4.90 Å². The molecular formula is C28H33Cl2N3O2. The van der Waals surface area contributed by atoms with Crippen LogP contribution in [0, 0.1) is 0 Å². The monoisotopic (exact) mass is 513 g/mol. The van der Waals surface area contributed by atoms with Crippen LogP contribution in [0.2, 0.25) is 10.0 Å². The molecule has 3 aliphatic rings. The van der Waals surface area contributed by atoms with Gasteiger partial charge in [-0.25, -0.2) is 0 Å². The average molecular weight is 514 g/mol. The van der Waals surface area contributed by atoms with E-state index in [0.717, 1.165) is 74.8 Å². The van der Waals surface area contributed by atoms with Crippen molar-refractivity contribution in [2.75, 3.05) is 24.5 Å². The maximum absolute atomic E-state index is 14.4. The van der Waals surface area contributed by atoms with Gasteiger partial charge in [-0.2, -0.15) is 0 Å². The molecule has 0 spiro atoms. The van der Waals surface area contributed by atoms with Gasteiger partial charge in [0.2, 0.25) is 5.91 Å². The Kier molecular flexibility index (Phi) is 7.38. The molecule has 7 heteroatoms. The number of amides is 2. The van der Waals surface area contributed by atoms with Gasteiger partial charge in [0, 0.05) is 41.2 Å². The molecule has 2 aromatic rings. The molecule has 1 aliphatic carbocycles. The van der Waals surface area contributed by atoms with E-state index < -0.39 is 5.54 Å². The van der Waals surface area contributed by atoms with Gasteiger partial charge < -0.3 is 9.80 Å². The van der Waals surface area contributed by atoms with E-state index in [9.17, 15) is 9.59 Å². The van der Waals surface area contributed by atoms with Crippen molar-refractivity contribution in [3.05, 3.63) is 63.6 Å². The summed E-state index contributed by atoms with van der Waals surface area (Å²) < 4.78 is 0. The van der Waals surface area contributed by atoms with Gasteiger partial charge in [0.05, 0.1) is 5.69 Å². The lowest BCUT2D eigenvalue weighted by Crippen LogP contribution is -2.57. The van der Waals surface area contributed by atoms with Crippen LogP contribution < -0.4 is 10.2 Å². The maximum Gasteiger partial charge on any atom is 0.252 e. The predicted octanol–water partition coefficient (Wildman–Crippen LogP) is 5.71. The summed E-state index contributed by atoms with van der Waals surface area (Å²) in [5.74, 6) is -0.0652. The quantitative estimate of drug-likeness (QED) is 0.537. The second-order valence-corrected chi connectivity index (χ2v) is 11.1. The third kappa shape index (κ3) is 5.09. The Morgan fingerprint density at radius 1 is 0.914 bits per heavy atom. The van der Waals surface area contributed by atoms with Gasteiger partial charge >= 0.3 is 0 Å². The molecule has 1 N–H and O–H groups in total. The maximum atomic E-state index is 14.4. The van der Waals surface area contributed by atoms with Crippen LogP contribution in [0.15, 0.2) is 42.5 Å². The number of carbonyl (C=O) groups excluding carboxylic acids is 2. The first-order chi connectivity index (χ1) is 17.0. The zero-order valence-electron chi connectivity index (χ0n) is 20.1. The van der Waals surface area contributed by atoms with Crippen LogP contribution in [0.5, 0.6) is 0 Å². The van der Waals surface area contributed by atoms with E-state index in [1.165, 1.54) is 6.42 Å². The van der Waals surface area contributed by atoms with E-state index in [2.05, 4.69) is 5.32 Å². The molecule has 2 aliphatic heterocycles. The summed E-state index contributed by atoms with van der Waals surface area (Å²) in [5.41, 5.74) is 1.72. The minimum Gasteiger partial charge on any atom is -0.341 e. The third-order valence-corrected chi connectivity index (χ3v) is 8.25. The molecule has 0 radical (unpaired) electrons. The molecule has 2 aromatic carbocycles. The largest absolute Gasteiger partial charge is 0.341 e. The number of benzene rings is 2. The lowest BCUT2D eigenvalue weighted by molar-refractivity contribution is -0.133. The number of halogens is 2. The molecule has 186 valence electrons. The lowest BCUT2D eigenvalue weighted by atomic mass is 9.82. The summed E-state index contributed by atoms with van der Waals surface area (Å²) >= 11 is 12.6. The number of nitrogens with one attached hydrogen (secondary N) is 1. The van der Waals surface area contributed by atoms with Crippen molar-refractivity contribution in [2.45, 2.75) is 69.4 Å². The number of piperidine rings is 1. The molecule has 1 saturated heterocycles. The second-order valence-electron chi connectivity index (χ2n) is 10.2. The van der Waals surface area contributed by atoms with E-state index in [0.29, 0.717) is 16.5 Å². The van der Waals surface area contributed by atoms with Crippen LogP contribution in [0.25, 0.3) is 0 Å². The SMILES string of the molecule is O=C(CN1C(=O)C(Cc2ccc(Cl)cc2)(NC2CCCCC2)c2ccc(Cl)cc21)N1CCCCC1. The number of rotatable bonds is 6. The van der Waals surface area contributed by atoms with Crippen LogP contribution in [0.4, 0.5) is 5.69 Å². The first-order valence-electron chi connectivity index (χ1n) is 12.9. The molecular weight excluding hydrogens is 481 g/mol. The number of carbonyl (C=O) groups is 2. The van der Waals surface area contributed by atoms with Crippen LogP contribution >= 0.6 is 23.2 Å². The Morgan fingerprint density at radius 2 is 1.57 bits per heavy atom. The van der Waals surface area contributed by atoms with Crippen molar-refractivity contribution >= 4 is 40.7 Å². The Bertz CT molecular complexity index is 1080. The average Bonchev–Trinajstić information content (AvgIpc) is 3.08. The summed E-state index contributed by atoms with van der Waals surface area (Å²) in [7, 11) is 0. The molecule has 35 heavy (non-hydrogen) atoms. The van der Waals surface area contributed by atoms with Crippen LogP contribution in [-0.4, -0.2) is 42.4 Å². The van der Waals surface area contributed by atoms with Gasteiger partial charge in [0.1, 0.15) is 12.1 Å². The minimum absolute atomic E-state index is 0.00364. The molecule has 0 aromatic heterocycles. The molecule has 5 nitrogen and oxygen atoms in total. The van der Waals surface area contributed by atoms with E-state index in [4.69, 9.17) is 23.2 Å². The van der Waals surface area contributed by atoms with Gasteiger partial charge in [0.15, 0.2) is 0 Å². The van der Waals surface area contributed by atoms with Crippen molar-refractivity contribution in [1.82, 2.24) is 10.2 Å². The number of hydrogen-bond donors (Lipinski definition) is 1. The van der Waals surface area contributed by atoms with E-state index in [1.807, 2.05) is 47.4 Å². The molecule has 0 bridgehead atoms. The summed E-state index contributed by atoms with van der Waals surface area (Å²) in [6.45, 7) is 1.57. The first kappa shape index (κ1) is 24.6. The standard InChI is InChI=1S/C28H33Cl2N3O2/c29-21-11-9-20(10-12-21)18-28(31-23-7-3-1-4-8-23)24-14-13-22(30)17-25(24)33(27(28)35)19-26(34)32-15-5-2-6-16-32/h9-14,17,23,31H,1-8,15-16,18-19H2. The van der Waals surface area contributed by atoms with Gasteiger partial charge in [-0.3, -0.25) is 14.9 Å². The summed E-state index contributed by atoms with van der Waals surface area (Å²) in [5, 5.41) is 5.04. The van der Waals surface area contributed by atoms with Gasteiger partial charge in [-0.05, 0) is 61.9 Å². The highest BCUT2D eigenvalue weighted by Crippen LogP contribution is 2.44. The molecule has 1 saturated carbocycles. The van der Waals surface area contributed by atoms with Crippen molar-refractivity contribution in [3.63, 3.8) is 0 Å². The van der Waals surface area contributed by atoms with Crippen molar-refractivity contribution in [1.29, 1.82) is 0 Å². The Labute approximate surface area is 217 Å². The molecule has 2 amide bonds. The van der Waals surface area contributed by atoms with Crippen molar-refractivity contribution in [3.8, 4) is 0 Å². The zero-order chi connectivity index (χ0) is 24.4. The smallest absolute Gasteiger partial charge is 0.252 e. The number of anilines is 1. The van der Waals surface area contributed by atoms with Crippen LogP contribution in [0.1, 0.15) is 62.5 Å². The highest BCUT2D eigenvalue weighted by molar-refractivity contribution is 6.31. The molecule has 2 heterocycles. The van der Waals surface area contributed by atoms with E-state index in [-0.39, 0.29) is 24.4 Å². The topological polar surface area (TPSA) is 52.7 Å². The summed E-state index contributed by atoms with van der Waals surface area (Å²) in [4.78, 5) is 31.2. The van der Waals surface area contributed by atoms with Gasteiger partial charge in [0.25, 0.3) is 5.91 Å². The highest BCUT2D eigenvalue weighted by Gasteiger charge is 2.52. The predicted molar refractivity (Wildman–Crippen MR) is 141 cm³/mol. The third-order valence-electron chi connectivity index (χ3n) is 7.76. The van der Waals surface area contributed by atoms with Crippen molar-refractivity contribution in [2.24, 2.45) is 0 Å².